The molecule has 0 saturated heterocycles. The fraction of sp³-hybridized carbons (Fsp3) is 0.938. The summed E-state index contributed by atoms with van der Waals surface area (Å²) in [7, 11) is 4.31. The number of nitrogens with one attached hydrogen (secondary N) is 2. The lowest BCUT2D eigenvalue weighted by atomic mass is 10.0. The first-order valence-corrected chi connectivity index (χ1v) is 8.24. The molecule has 0 radical (unpaired) electrons. The number of halogens is 1. The minimum absolute atomic E-state index is 0. The van der Waals surface area contributed by atoms with Crippen LogP contribution in [0.3, 0.4) is 0 Å². The van der Waals surface area contributed by atoms with Gasteiger partial charge in [0.1, 0.15) is 0 Å². The average Bonchev–Trinajstić information content (AvgIpc) is 2.86. The summed E-state index contributed by atoms with van der Waals surface area (Å²) in [6.45, 7) is 8.48. The Bertz CT molecular complexity index is 286. The minimum Gasteiger partial charge on any atom is -0.357 e. The highest BCUT2D eigenvalue weighted by Gasteiger charge is 2.17. The largest absolute Gasteiger partial charge is 0.357 e. The predicted octanol–water partition coefficient (Wildman–Crippen LogP) is 3.08. The zero-order valence-electron chi connectivity index (χ0n) is 14.5. The van der Waals surface area contributed by atoms with Crippen molar-refractivity contribution in [3.63, 3.8) is 0 Å². The number of nitrogens with zero attached hydrogens (tertiary/aromatic N) is 2. The van der Waals surface area contributed by atoms with Gasteiger partial charge in [0.15, 0.2) is 5.96 Å². The maximum Gasteiger partial charge on any atom is 0.191 e. The quantitative estimate of drug-likeness (QED) is 0.385. The average molecular weight is 410 g/mol. The number of hydrogen-bond donors (Lipinski definition) is 2. The van der Waals surface area contributed by atoms with E-state index in [4.69, 9.17) is 4.99 Å². The van der Waals surface area contributed by atoms with Crippen LogP contribution < -0.4 is 10.6 Å². The molecule has 0 heterocycles. The Labute approximate surface area is 148 Å². The molecule has 1 unspecified atom stereocenters. The predicted molar refractivity (Wildman–Crippen MR) is 104 cm³/mol. The van der Waals surface area contributed by atoms with Crippen molar-refractivity contribution in [3.8, 4) is 0 Å². The standard InChI is InChI=1S/C16H34N4.HI/c1-6-17-16(19-14-9-7-8-10-14)18-12-15(20(4)5)11-13(2)3;/h13-15H,6-12H2,1-5H3,(H2,17,18,19);1H. The monoisotopic (exact) mass is 410 g/mol. The minimum atomic E-state index is 0. The molecular formula is C16H35IN4. The van der Waals surface area contributed by atoms with Gasteiger partial charge in [-0.05, 0) is 46.2 Å². The molecule has 1 atom stereocenters. The number of guanidine groups is 1. The van der Waals surface area contributed by atoms with E-state index in [9.17, 15) is 0 Å². The van der Waals surface area contributed by atoms with Crippen molar-refractivity contribution >= 4 is 29.9 Å². The molecule has 1 rings (SSSR count). The van der Waals surface area contributed by atoms with Crippen LogP contribution in [0.5, 0.6) is 0 Å². The van der Waals surface area contributed by atoms with Crippen molar-refractivity contribution < 1.29 is 0 Å². The van der Waals surface area contributed by atoms with Crippen LogP contribution in [0.15, 0.2) is 4.99 Å². The molecule has 21 heavy (non-hydrogen) atoms. The van der Waals surface area contributed by atoms with Gasteiger partial charge in [0, 0.05) is 18.6 Å². The van der Waals surface area contributed by atoms with Crippen molar-refractivity contribution in [2.75, 3.05) is 27.2 Å². The molecule has 0 bridgehead atoms. The Balaban J connectivity index is 0.00000400. The first-order chi connectivity index (χ1) is 9.52. The Kier molecular flexibility index (Phi) is 11.5. The topological polar surface area (TPSA) is 39.7 Å². The van der Waals surface area contributed by atoms with Gasteiger partial charge >= 0.3 is 0 Å². The summed E-state index contributed by atoms with van der Waals surface area (Å²) in [4.78, 5) is 7.10. The fourth-order valence-electron chi connectivity index (χ4n) is 2.77. The summed E-state index contributed by atoms with van der Waals surface area (Å²) in [5.74, 6) is 1.71. The molecular weight excluding hydrogens is 375 g/mol. The Morgan fingerprint density at radius 1 is 1.24 bits per heavy atom. The first-order valence-electron chi connectivity index (χ1n) is 8.24. The molecule has 0 aromatic rings. The lowest BCUT2D eigenvalue weighted by molar-refractivity contribution is 0.261. The molecule has 0 aromatic heterocycles. The summed E-state index contributed by atoms with van der Waals surface area (Å²) in [6, 6.07) is 1.14. The van der Waals surface area contributed by atoms with Crippen LogP contribution in [0.2, 0.25) is 0 Å². The van der Waals surface area contributed by atoms with Crippen LogP contribution in [0.1, 0.15) is 52.9 Å². The highest BCUT2D eigenvalue weighted by atomic mass is 127. The van der Waals surface area contributed by atoms with Gasteiger partial charge in [-0.3, -0.25) is 4.99 Å². The van der Waals surface area contributed by atoms with Crippen molar-refractivity contribution in [1.82, 2.24) is 15.5 Å². The van der Waals surface area contributed by atoms with Gasteiger partial charge in [0.05, 0.1) is 6.54 Å². The van der Waals surface area contributed by atoms with Gasteiger partial charge in [-0.2, -0.15) is 0 Å². The van der Waals surface area contributed by atoms with Gasteiger partial charge < -0.3 is 15.5 Å². The number of rotatable bonds is 7. The molecule has 1 fully saturated rings. The van der Waals surface area contributed by atoms with E-state index in [1.165, 1.54) is 32.1 Å². The first kappa shape index (κ1) is 21.0. The Hall–Kier alpha value is -0.0400. The van der Waals surface area contributed by atoms with Crippen LogP contribution in [-0.4, -0.2) is 50.1 Å². The molecule has 5 heteroatoms. The summed E-state index contributed by atoms with van der Waals surface area (Å²) in [5, 5.41) is 6.96. The highest BCUT2D eigenvalue weighted by molar-refractivity contribution is 14.0. The lowest BCUT2D eigenvalue weighted by Gasteiger charge is -2.25. The second-order valence-corrected chi connectivity index (χ2v) is 6.59. The third-order valence-electron chi connectivity index (χ3n) is 3.97. The number of likely N-dealkylation sites (N-methyl/N-ethyl adjacent to an activating group) is 1. The third-order valence-corrected chi connectivity index (χ3v) is 3.97. The lowest BCUT2D eigenvalue weighted by Crippen LogP contribution is -2.43. The molecule has 2 N–H and O–H groups in total. The van der Waals surface area contributed by atoms with Gasteiger partial charge in [0.2, 0.25) is 0 Å². The van der Waals surface area contributed by atoms with Gasteiger partial charge in [-0.1, -0.05) is 26.7 Å². The molecule has 0 aromatic carbocycles. The zero-order valence-corrected chi connectivity index (χ0v) is 16.8. The maximum absolute atomic E-state index is 4.80. The van der Waals surface area contributed by atoms with Gasteiger partial charge in [0.25, 0.3) is 0 Å². The summed E-state index contributed by atoms with van der Waals surface area (Å²) in [6.07, 6.45) is 6.47. The van der Waals surface area contributed by atoms with E-state index in [1.807, 2.05) is 0 Å². The molecule has 4 nitrogen and oxygen atoms in total. The molecule has 0 aliphatic heterocycles. The summed E-state index contributed by atoms with van der Waals surface area (Å²) in [5.41, 5.74) is 0. The molecule has 0 spiro atoms. The number of hydrogen-bond acceptors (Lipinski definition) is 2. The third kappa shape index (κ3) is 8.86. The Morgan fingerprint density at radius 2 is 1.86 bits per heavy atom. The van der Waals surface area contributed by atoms with E-state index < -0.39 is 0 Å². The fourth-order valence-corrected chi connectivity index (χ4v) is 2.77. The zero-order chi connectivity index (χ0) is 15.0. The molecule has 1 aliphatic rings. The second-order valence-electron chi connectivity index (χ2n) is 6.59. The van der Waals surface area contributed by atoms with Crippen molar-refractivity contribution in [2.24, 2.45) is 10.9 Å². The second kappa shape index (κ2) is 11.5. The Morgan fingerprint density at radius 3 is 2.33 bits per heavy atom. The van der Waals surface area contributed by atoms with Crippen LogP contribution in [-0.2, 0) is 0 Å². The van der Waals surface area contributed by atoms with Crippen molar-refractivity contribution in [2.45, 2.75) is 65.0 Å². The number of aliphatic imine (C=N–C) groups is 1. The molecule has 126 valence electrons. The van der Waals surface area contributed by atoms with Crippen molar-refractivity contribution in [1.29, 1.82) is 0 Å². The normalized spacial score (nSPS) is 18.0. The van der Waals surface area contributed by atoms with E-state index in [1.54, 1.807) is 0 Å². The summed E-state index contributed by atoms with van der Waals surface area (Å²) < 4.78 is 0. The van der Waals surface area contributed by atoms with E-state index >= 15 is 0 Å². The van der Waals surface area contributed by atoms with Gasteiger partial charge in [-0.15, -0.1) is 24.0 Å². The molecule has 1 aliphatic carbocycles. The van der Waals surface area contributed by atoms with E-state index in [2.05, 4.69) is 50.4 Å². The highest BCUT2D eigenvalue weighted by Crippen LogP contribution is 2.17. The van der Waals surface area contributed by atoms with E-state index in [-0.39, 0.29) is 24.0 Å². The van der Waals surface area contributed by atoms with Gasteiger partial charge in [-0.25, -0.2) is 0 Å². The van der Waals surface area contributed by atoms with E-state index in [0.717, 1.165) is 19.0 Å². The van der Waals surface area contributed by atoms with Crippen LogP contribution in [0.4, 0.5) is 0 Å². The smallest absolute Gasteiger partial charge is 0.191 e. The maximum atomic E-state index is 4.80. The van der Waals surface area contributed by atoms with Crippen molar-refractivity contribution in [3.05, 3.63) is 0 Å². The van der Waals surface area contributed by atoms with Crippen LogP contribution >= 0.6 is 24.0 Å². The molecule has 0 amide bonds. The van der Waals surface area contributed by atoms with Crippen LogP contribution in [0.25, 0.3) is 0 Å². The van der Waals surface area contributed by atoms with E-state index in [0.29, 0.717) is 18.0 Å². The molecule has 1 saturated carbocycles. The summed E-state index contributed by atoms with van der Waals surface area (Å²) >= 11 is 0. The van der Waals surface area contributed by atoms with Crippen LogP contribution in [0, 0.1) is 5.92 Å². The SMILES string of the molecule is CCNC(=NCC(CC(C)C)N(C)C)NC1CCCC1.I.